The highest BCUT2D eigenvalue weighted by atomic mass is 16.5. The summed E-state index contributed by atoms with van der Waals surface area (Å²) in [5, 5.41) is 23.8. The number of carbonyl (C=O) groups is 2. The van der Waals surface area contributed by atoms with Gasteiger partial charge in [0.15, 0.2) is 0 Å². The number of esters is 1. The number of hydrogen-bond donors (Lipinski definition) is 3. The molecule has 0 spiro atoms. The summed E-state index contributed by atoms with van der Waals surface area (Å²) >= 11 is 0. The van der Waals surface area contributed by atoms with Crippen LogP contribution < -0.4 is 5.32 Å². The van der Waals surface area contributed by atoms with E-state index in [0.29, 0.717) is 19.3 Å². The Morgan fingerprint density at radius 3 is 1.28 bits per heavy atom. The van der Waals surface area contributed by atoms with Gasteiger partial charge in [-0.3, -0.25) is 9.59 Å². The van der Waals surface area contributed by atoms with Gasteiger partial charge in [-0.2, -0.15) is 0 Å². The van der Waals surface area contributed by atoms with E-state index in [1.165, 1.54) is 186 Å². The van der Waals surface area contributed by atoms with E-state index in [-0.39, 0.29) is 24.9 Å². The average molecular weight is 820 g/mol. The lowest BCUT2D eigenvalue weighted by Crippen LogP contribution is -2.46. The standard InChI is InChI=1S/C52H101NO5/c1-4-7-10-13-16-19-22-24-26-29-31-34-37-40-43-48(58-52(57)45-42-39-36-33-28-21-18-15-12-9-6-3)46-51(56)53-49(47-54)50(55)44-41-38-35-32-30-27-25-23-20-17-14-11-8-5-2/h15,18,48-50,54-55H,4-14,16-17,19-47H2,1-3H3,(H,53,56)/b18-15-. The Kier molecular flexibility index (Phi) is 45.5. The molecule has 344 valence electrons. The largest absolute Gasteiger partial charge is 0.462 e. The maximum absolute atomic E-state index is 13.2. The zero-order valence-corrected chi connectivity index (χ0v) is 39.2. The van der Waals surface area contributed by atoms with Crippen molar-refractivity contribution in [3.63, 3.8) is 0 Å². The maximum atomic E-state index is 13.2. The summed E-state index contributed by atoms with van der Waals surface area (Å²) in [5.41, 5.74) is 0. The molecule has 0 saturated carbocycles. The number of allylic oxidation sites excluding steroid dienone is 2. The Morgan fingerprint density at radius 2 is 0.845 bits per heavy atom. The van der Waals surface area contributed by atoms with Crippen molar-refractivity contribution >= 4 is 11.9 Å². The fourth-order valence-corrected chi connectivity index (χ4v) is 8.12. The summed E-state index contributed by atoms with van der Waals surface area (Å²) in [6.07, 6.45) is 51.2. The molecule has 3 unspecified atom stereocenters. The van der Waals surface area contributed by atoms with Gasteiger partial charge in [-0.25, -0.2) is 0 Å². The minimum Gasteiger partial charge on any atom is -0.462 e. The summed E-state index contributed by atoms with van der Waals surface area (Å²) < 4.78 is 5.93. The Hall–Kier alpha value is -1.40. The molecule has 1 amide bonds. The van der Waals surface area contributed by atoms with Crippen LogP contribution in [0.3, 0.4) is 0 Å². The predicted octanol–water partition coefficient (Wildman–Crippen LogP) is 15.3. The molecule has 0 radical (unpaired) electrons. The molecular weight excluding hydrogens is 719 g/mol. The lowest BCUT2D eigenvalue weighted by atomic mass is 10.0. The Labute approximate surface area is 361 Å². The van der Waals surface area contributed by atoms with Crippen LogP contribution in [-0.2, 0) is 14.3 Å². The number of aliphatic hydroxyl groups is 2. The second kappa shape index (κ2) is 46.7. The minimum absolute atomic E-state index is 0.0814. The molecule has 58 heavy (non-hydrogen) atoms. The van der Waals surface area contributed by atoms with E-state index in [0.717, 1.165) is 51.4 Å². The number of unbranched alkanes of at least 4 members (excludes halogenated alkanes) is 33. The molecular formula is C52H101NO5. The molecule has 0 aliphatic heterocycles. The van der Waals surface area contributed by atoms with E-state index in [9.17, 15) is 19.8 Å². The molecule has 0 bridgehead atoms. The fraction of sp³-hybridized carbons (Fsp3) is 0.923. The second-order valence-corrected chi connectivity index (χ2v) is 17.9. The number of rotatable bonds is 47. The quantitative estimate of drug-likeness (QED) is 0.0323. The van der Waals surface area contributed by atoms with Crippen LogP contribution in [0.25, 0.3) is 0 Å². The number of hydrogen-bond acceptors (Lipinski definition) is 5. The highest BCUT2D eigenvalue weighted by Crippen LogP contribution is 2.18. The lowest BCUT2D eigenvalue weighted by Gasteiger charge is -2.24. The number of aliphatic hydroxyl groups excluding tert-OH is 2. The zero-order chi connectivity index (χ0) is 42.4. The van der Waals surface area contributed by atoms with Crippen molar-refractivity contribution in [1.82, 2.24) is 5.32 Å². The van der Waals surface area contributed by atoms with Gasteiger partial charge in [-0.15, -0.1) is 0 Å². The third kappa shape index (κ3) is 41.3. The normalized spacial score (nSPS) is 13.3. The van der Waals surface area contributed by atoms with Crippen LogP contribution in [-0.4, -0.2) is 46.9 Å². The number of carbonyl (C=O) groups excluding carboxylic acids is 2. The number of amides is 1. The third-order valence-corrected chi connectivity index (χ3v) is 12.1. The highest BCUT2D eigenvalue weighted by Gasteiger charge is 2.24. The highest BCUT2D eigenvalue weighted by molar-refractivity contribution is 5.77. The topological polar surface area (TPSA) is 95.9 Å². The summed E-state index contributed by atoms with van der Waals surface area (Å²) in [6, 6.07) is -0.696. The smallest absolute Gasteiger partial charge is 0.306 e. The van der Waals surface area contributed by atoms with Crippen LogP contribution in [0.2, 0.25) is 0 Å². The van der Waals surface area contributed by atoms with Crippen molar-refractivity contribution in [1.29, 1.82) is 0 Å². The average Bonchev–Trinajstić information content (AvgIpc) is 3.22. The van der Waals surface area contributed by atoms with Crippen LogP contribution in [0.4, 0.5) is 0 Å². The van der Waals surface area contributed by atoms with Crippen molar-refractivity contribution < 1.29 is 24.5 Å². The summed E-state index contributed by atoms with van der Waals surface area (Å²) in [4.78, 5) is 26.1. The van der Waals surface area contributed by atoms with Crippen LogP contribution >= 0.6 is 0 Å². The van der Waals surface area contributed by atoms with Crippen LogP contribution in [0.15, 0.2) is 12.2 Å². The first kappa shape index (κ1) is 56.6. The molecule has 0 aliphatic carbocycles. The second-order valence-electron chi connectivity index (χ2n) is 17.9. The van der Waals surface area contributed by atoms with Crippen molar-refractivity contribution in [2.45, 2.75) is 302 Å². The molecule has 0 aromatic carbocycles. The van der Waals surface area contributed by atoms with Crippen LogP contribution in [0, 0.1) is 0 Å². The molecule has 0 saturated heterocycles. The zero-order valence-electron chi connectivity index (χ0n) is 39.2. The number of ether oxygens (including phenoxy) is 1. The summed E-state index contributed by atoms with van der Waals surface area (Å²) in [5.74, 6) is -0.468. The predicted molar refractivity (Wildman–Crippen MR) is 250 cm³/mol. The van der Waals surface area contributed by atoms with E-state index < -0.39 is 18.2 Å². The third-order valence-electron chi connectivity index (χ3n) is 12.1. The van der Waals surface area contributed by atoms with Gasteiger partial charge in [0, 0.05) is 6.42 Å². The molecule has 0 aromatic rings. The molecule has 3 atom stereocenters. The van der Waals surface area contributed by atoms with Crippen LogP contribution in [0.5, 0.6) is 0 Å². The number of nitrogens with one attached hydrogen (secondary N) is 1. The van der Waals surface area contributed by atoms with E-state index in [2.05, 4.69) is 38.2 Å². The van der Waals surface area contributed by atoms with E-state index in [1.54, 1.807) is 0 Å². The molecule has 3 N–H and O–H groups in total. The van der Waals surface area contributed by atoms with Gasteiger partial charge in [0.25, 0.3) is 0 Å². The fourth-order valence-electron chi connectivity index (χ4n) is 8.12. The Morgan fingerprint density at radius 1 is 0.483 bits per heavy atom. The van der Waals surface area contributed by atoms with Crippen molar-refractivity contribution in [2.75, 3.05) is 6.61 Å². The summed E-state index contributed by atoms with van der Waals surface area (Å²) in [6.45, 7) is 6.47. The minimum atomic E-state index is -0.782. The summed E-state index contributed by atoms with van der Waals surface area (Å²) in [7, 11) is 0. The molecule has 0 aliphatic rings. The maximum Gasteiger partial charge on any atom is 0.306 e. The first-order valence-corrected chi connectivity index (χ1v) is 25.9. The SMILES string of the molecule is CCCC/C=C\CCCCCCCC(=O)OC(CCCCCCCCCCCCCCCC)CC(=O)NC(CO)C(O)CCCCCCCCCCCCCCCC. The van der Waals surface area contributed by atoms with E-state index in [1.807, 2.05) is 0 Å². The van der Waals surface area contributed by atoms with E-state index >= 15 is 0 Å². The lowest BCUT2D eigenvalue weighted by molar-refractivity contribution is -0.151. The Balaban J connectivity index is 4.52. The van der Waals surface area contributed by atoms with Gasteiger partial charge >= 0.3 is 5.97 Å². The van der Waals surface area contributed by atoms with Crippen molar-refractivity contribution in [3.05, 3.63) is 12.2 Å². The van der Waals surface area contributed by atoms with Gasteiger partial charge in [0.2, 0.25) is 5.91 Å². The molecule has 0 rings (SSSR count). The van der Waals surface area contributed by atoms with E-state index in [4.69, 9.17) is 4.74 Å². The first-order valence-electron chi connectivity index (χ1n) is 25.9. The molecule has 0 heterocycles. The van der Waals surface area contributed by atoms with Gasteiger partial charge in [0.05, 0.1) is 25.2 Å². The monoisotopic (exact) mass is 820 g/mol. The van der Waals surface area contributed by atoms with Gasteiger partial charge in [-0.05, 0) is 44.9 Å². The Bertz CT molecular complexity index is 878. The van der Waals surface area contributed by atoms with Gasteiger partial charge in [-0.1, -0.05) is 238 Å². The first-order chi connectivity index (χ1) is 28.5. The van der Waals surface area contributed by atoms with Crippen molar-refractivity contribution in [2.24, 2.45) is 0 Å². The molecule has 0 aromatic heterocycles. The van der Waals surface area contributed by atoms with Gasteiger partial charge in [0.1, 0.15) is 6.10 Å². The molecule has 6 nitrogen and oxygen atoms in total. The van der Waals surface area contributed by atoms with Crippen LogP contribution in [0.1, 0.15) is 284 Å². The van der Waals surface area contributed by atoms with Crippen molar-refractivity contribution in [3.8, 4) is 0 Å². The molecule has 0 fully saturated rings. The van der Waals surface area contributed by atoms with Gasteiger partial charge < -0.3 is 20.3 Å². The molecule has 6 heteroatoms.